The van der Waals surface area contributed by atoms with Crippen LogP contribution in [0, 0.1) is 0 Å². The van der Waals surface area contributed by atoms with Crippen molar-refractivity contribution in [2.24, 2.45) is 5.73 Å². The monoisotopic (exact) mass is 340 g/mol. The second-order valence-electron chi connectivity index (χ2n) is 5.01. The van der Waals surface area contributed by atoms with Crippen molar-refractivity contribution in [3.8, 4) is 0 Å². The van der Waals surface area contributed by atoms with Crippen LogP contribution in [0.15, 0.2) is 71.2 Å². The van der Waals surface area contributed by atoms with E-state index >= 15 is 0 Å². The molecule has 21 heavy (non-hydrogen) atoms. The SMILES string of the molecule is NCC(Nc1ccc(Br)cc1)c1cccc2ccccc12. The predicted octanol–water partition coefficient (Wildman–Crippen LogP) is 4.71. The second-order valence-corrected chi connectivity index (χ2v) is 5.92. The lowest BCUT2D eigenvalue weighted by molar-refractivity contribution is 0.797. The number of nitrogens with one attached hydrogen (secondary N) is 1. The largest absolute Gasteiger partial charge is 0.377 e. The van der Waals surface area contributed by atoms with E-state index in [4.69, 9.17) is 5.73 Å². The molecular weight excluding hydrogens is 324 g/mol. The summed E-state index contributed by atoms with van der Waals surface area (Å²) in [7, 11) is 0. The van der Waals surface area contributed by atoms with Crippen LogP contribution in [-0.2, 0) is 0 Å². The van der Waals surface area contributed by atoms with E-state index in [-0.39, 0.29) is 6.04 Å². The minimum Gasteiger partial charge on any atom is -0.377 e. The molecule has 3 aromatic carbocycles. The van der Waals surface area contributed by atoms with Gasteiger partial charge >= 0.3 is 0 Å². The van der Waals surface area contributed by atoms with Gasteiger partial charge in [0.1, 0.15) is 0 Å². The fraction of sp³-hybridized carbons (Fsp3) is 0.111. The van der Waals surface area contributed by atoms with Crippen LogP contribution < -0.4 is 11.1 Å². The van der Waals surface area contributed by atoms with Crippen molar-refractivity contribution in [2.75, 3.05) is 11.9 Å². The average molecular weight is 341 g/mol. The summed E-state index contributed by atoms with van der Waals surface area (Å²) in [5, 5.41) is 6.01. The molecule has 2 nitrogen and oxygen atoms in total. The molecule has 0 aliphatic heterocycles. The van der Waals surface area contributed by atoms with Crippen LogP contribution in [0.4, 0.5) is 5.69 Å². The Labute approximate surface area is 133 Å². The molecule has 0 aliphatic carbocycles. The molecule has 0 aromatic heterocycles. The summed E-state index contributed by atoms with van der Waals surface area (Å²) >= 11 is 3.45. The van der Waals surface area contributed by atoms with Crippen LogP contribution in [0.5, 0.6) is 0 Å². The predicted molar refractivity (Wildman–Crippen MR) is 93.5 cm³/mol. The third kappa shape index (κ3) is 3.09. The first kappa shape index (κ1) is 14.1. The van der Waals surface area contributed by atoms with Gasteiger partial charge in [-0.2, -0.15) is 0 Å². The molecule has 0 saturated carbocycles. The fourth-order valence-corrected chi connectivity index (χ4v) is 2.83. The molecule has 0 fully saturated rings. The normalized spacial score (nSPS) is 12.3. The molecule has 0 bridgehead atoms. The maximum atomic E-state index is 6.00. The summed E-state index contributed by atoms with van der Waals surface area (Å²) in [5.41, 5.74) is 8.31. The van der Waals surface area contributed by atoms with Crippen molar-refractivity contribution in [3.05, 3.63) is 76.8 Å². The van der Waals surface area contributed by atoms with Crippen molar-refractivity contribution in [1.29, 1.82) is 0 Å². The Hall–Kier alpha value is -1.84. The number of benzene rings is 3. The molecule has 0 saturated heterocycles. The fourth-order valence-electron chi connectivity index (χ4n) is 2.57. The summed E-state index contributed by atoms with van der Waals surface area (Å²) in [6, 6.07) is 23.0. The highest BCUT2D eigenvalue weighted by molar-refractivity contribution is 9.10. The van der Waals surface area contributed by atoms with E-state index in [1.165, 1.54) is 16.3 Å². The number of anilines is 1. The Bertz CT molecular complexity index is 732. The highest BCUT2D eigenvalue weighted by Gasteiger charge is 2.12. The van der Waals surface area contributed by atoms with E-state index in [2.05, 4.69) is 75.8 Å². The van der Waals surface area contributed by atoms with Gasteiger partial charge in [0.15, 0.2) is 0 Å². The van der Waals surface area contributed by atoms with Crippen LogP contribution in [0.2, 0.25) is 0 Å². The van der Waals surface area contributed by atoms with Crippen LogP contribution in [0.3, 0.4) is 0 Å². The number of fused-ring (bicyclic) bond motifs is 1. The molecule has 0 aliphatic rings. The van der Waals surface area contributed by atoms with E-state index in [0.29, 0.717) is 6.54 Å². The lowest BCUT2D eigenvalue weighted by Gasteiger charge is -2.20. The molecule has 0 spiro atoms. The molecule has 3 N–H and O–H groups in total. The molecule has 0 amide bonds. The highest BCUT2D eigenvalue weighted by atomic mass is 79.9. The third-order valence-electron chi connectivity index (χ3n) is 3.62. The molecule has 3 rings (SSSR count). The minimum atomic E-state index is 0.0947. The average Bonchev–Trinajstić information content (AvgIpc) is 2.54. The number of hydrogen-bond acceptors (Lipinski definition) is 2. The Morgan fingerprint density at radius 3 is 2.38 bits per heavy atom. The van der Waals surface area contributed by atoms with Crippen LogP contribution >= 0.6 is 15.9 Å². The second kappa shape index (κ2) is 6.29. The Morgan fingerprint density at radius 2 is 1.62 bits per heavy atom. The minimum absolute atomic E-state index is 0.0947. The number of halogens is 1. The first-order valence-corrected chi connectivity index (χ1v) is 7.77. The summed E-state index contributed by atoms with van der Waals surface area (Å²) in [6.07, 6.45) is 0. The zero-order valence-electron chi connectivity index (χ0n) is 11.6. The number of nitrogens with two attached hydrogens (primary N) is 1. The third-order valence-corrected chi connectivity index (χ3v) is 4.15. The standard InChI is InChI=1S/C18H17BrN2/c19-14-8-10-15(11-9-14)21-18(12-20)17-7-3-5-13-4-1-2-6-16(13)17/h1-11,18,21H,12,20H2. The molecule has 0 heterocycles. The zero-order valence-corrected chi connectivity index (χ0v) is 13.2. The summed E-state index contributed by atoms with van der Waals surface area (Å²) in [6.45, 7) is 0.546. The first-order valence-electron chi connectivity index (χ1n) is 6.98. The van der Waals surface area contributed by atoms with Gasteiger partial charge in [0.05, 0.1) is 6.04 Å². The Kier molecular flexibility index (Phi) is 4.23. The topological polar surface area (TPSA) is 38.0 Å². The summed E-state index contributed by atoms with van der Waals surface area (Å²) in [4.78, 5) is 0. The highest BCUT2D eigenvalue weighted by Crippen LogP contribution is 2.27. The van der Waals surface area contributed by atoms with Gasteiger partial charge in [0, 0.05) is 16.7 Å². The molecule has 106 valence electrons. The molecule has 0 radical (unpaired) electrons. The van der Waals surface area contributed by atoms with Gasteiger partial charge in [0.25, 0.3) is 0 Å². The van der Waals surface area contributed by atoms with Crippen molar-refractivity contribution < 1.29 is 0 Å². The van der Waals surface area contributed by atoms with Crippen LogP contribution in [0.25, 0.3) is 10.8 Å². The van der Waals surface area contributed by atoms with Gasteiger partial charge in [0.2, 0.25) is 0 Å². The van der Waals surface area contributed by atoms with Gasteiger partial charge < -0.3 is 11.1 Å². The van der Waals surface area contributed by atoms with Crippen molar-refractivity contribution >= 4 is 32.4 Å². The first-order chi connectivity index (χ1) is 10.3. The molecule has 3 heteroatoms. The van der Waals surface area contributed by atoms with Crippen LogP contribution in [0.1, 0.15) is 11.6 Å². The molecule has 3 aromatic rings. The van der Waals surface area contributed by atoms with Crippen LogP contribution in [-0.4, -0.2) is 6.54 Å². The van der Waals surface area contributed by atoms with Gasteiger partial charge in [-0.05, 0) is 40.6 Å². The van der Waals surface area contributed by atoms with Gasteiger partial charge in [-0.25, -0.2) is 0 Å². The smallest absolute Gasteiger partial charge is 0.0642 e. The van der Waals surface area contributed by atoms with Gasteiger partial charge in [-0.3, -0.25) is 0 Å². The van der Waals surface area contributed by atoms with E-state index in [1.54, 1.807) is 0 Å². The van der Waals surface area contributed by atoms with E-state index < -0.39 is 0 Å². The van der Waals surface area contributed by atoms with E-state index in [1.807, 2.05) is 12.1 Å². The Morgan fingerprint density at radius 1 is 0.905 bits per heavy atom. The maximum absolute atomic E-state index is 6.00. The van der Waals surface area contributed by atoms with Crippen molar-refractivity contribution in [3.63, 3.8) is 0 Å². The van der Waals surface area contributed by atoms with E-state index in [9.17, 15) is 0 Å². The zero-order chi connectivity index (χ0) is 14.7. The summed E-state index contributed by atoms with van der Waals surface area (Å²) < 4.78 is 1.07. The summed E-state index contributed by atoms with van der Waals surface area (Å²) in [5.74, 6) is 0. The van der Waals surface area contributed by atoms with Gasteiger partial charge in [-0.1, -0.05) is 58.4 Å². The molecule has 1 atom stereocenters. The van der Waals surface area contributed by atoms with Crippen molar-refractivity contribution in [1.82, 2.24) is 0 Å². The maximum Gasteiger partial charge on any atom is 0.0642 e. The number of hydrogen-bond donors (Lipinski definition) is 2. The lowest BCUT2D eigenvalue weighted by atomic mass is 9.98. The Balaban J connectivity index is 1.96. The lowest BCUT2D eigenvalue weighted by Crippen LogP contribution is -2.20. The molecule has 1 unspecified atom stereocenters. The van der Waals surface area contributed by atoms with E-state index in [0.717, 1.165) is 10.2 Å². The molecular formula is C18H17BrN2. The van der Waals surface area contributed by atoms with Crippen molar-refractivity contribution in [2.45, 2.75) is 6.04 Å². The van der Waals surface area contributed by atoms with Gasteiger partial charge in [-0.15, -0.1) is 0 Å². The quantitative estimate of drug-likeness (QED) is 0.721. The number of rotatable bonds is 4.